The first-order chi connectivity index (χ1) is 11.1. The lowest BCUT2D eigenvalue weighted by atomic mass is 10.0. The summed E-state index contributed by atoms with van der Waals surface area (Å²) in [6.45, 7) is 8.15. The van der Waals surface area contributed by atoms with Crippen LogP contribution in [0.3, 0.4) is 0 Å². The average Bonchev–Trinajstić information content (AvgIpc) is 2.88. The number of aromatic nitrogens is 1. The topological polar surface area (TPSA) is 25.2 Å². The lowest BCUT2D eigenvalue weighted by Crippen LogP contribution is -2.40. The van der Waals surface area contributed by atoms with Crippen LogP contribution in [0.25, 0.3) is 0 Å². The van der Waals surface area contributed by atoms with Gasteiger partial charge in [-0.25, -0.2) is 0 Å². The average molecular weight is 310 g/mol. The molecule has 1 aromatic carbocycles. The van der Waals surface area contributed by atoms with Crippen molar-refractivity contribution in [2.45, 2.75) is 46.1 Å². The van der Waals surface area contributed by atoms with Crippen LogP contribution in [-0.2, 0) is 11.2 Å². The van der Waals surface area contributed by atoms with Crippen molar-refractivity contribution in [2.75, 3.05) is 13.1 Å². The quantitative estimate of drug-likeness (QED) is 0.846. The van der Waals surface area contributed by atoms with Crippen molar-refractivity contribution in [1.82, 2.24) is 9.47 Å². The van der Waals surface area contributed by atoms with E-state index in [1.165, 1.54) is 17.0 Å². The van der Waals surface area contributed by atoms with Gasteiger partial charge in [-0.05, 0) is 56.9 Å². The molecule has 122 valence electrons. The predicted octanol–water partition coefficient (Wildman–Crippen LogP) is 3.82. The van der Waals surface area contributed by atoms with E-state index in [2.05, 4.69) is 49.6 Å². The van der Waals surface area contributed by atoms with Crippen molar-refractivity contribution in [3.63, 3.8) is 0 Å². The zero-order valence-electron chi connectivity index (χ0n) is 14.4. The second-order valence-corrected chi connectivity index (χ2v) is 6.70. The van der Waals surface area contributed by atoms with Gasteiger partial charge in [-0.1, -0.05) is 24.3 Å². The Bertz CT molecular complexity index is 674. The Morgan fingerprint density at radius 2 is 1.61 bits per heavy atom. The first-order valence-electron chi connectivity index (χ1n) is 8.53. The number of aryl methyl sites for hydroxylation is 3. The maximum atomic E-state index is 12.6. The summed E-state index contributed by atoms with van der Waals surface area (Å²) < 4.78 is 2.43. The lowest BCUT2D eigenvalue weighted by Gasteiger charge is -2.34. The molecule has 3 heteroatoms. The number of rotatable bonds is 3. The molecule has 2 aromatic rings. The smallest absolute Gasteiger partial charge is 0.227 e. The van der Waals surface area contributed by atoms with Crippen molar-refractivity contribution in [1.29, 1.82) is 0 Å². The maximum Gasteiger partial charge on any atom is 0.227 e. The van der Waals surface area contributed by atoms with Crippen molar-refractivity contribution < 1.29 is 4.79 Å². The van der Waals surface area contributed by atoms with Gasteiger partial charge in [0.2, 0.25) is 5.91 Å². The van der Waals surface area contributed by atoms with Gasteiger partial charge >= 0.3 is 0 Å². The van der Waals surface area contributed by atoms with E-state index >= 15 is 0 Å². The van der Waals surface area contributed by atoms with Crippen molar-refractivity contribution in [2.24, 2.45) is 0 Å². The van der Waals surface area contributed by atoms with Crippen LogP contribution >= 0.6 is 0 Å². The van der Waals surface area contributed by atoms with Crippen LogP contribution in [0.4, 0.5) is 0 Å². The van der Waals surface area contributed by atoms with E-state index in [-0.39, 0.29) is 5.91 Å². The molecule has 0 unspecified atom stereocenters. The number of benzene rings is 1. The summed E-state index contributed by atoms with van der Waals surface area (Å²) in [6, 6.07) is 13.1. The molecule has 3 rings (SSSR count). The highest BCUT2D eigenvalue weighted by Crippen LogP contribution is 2.26. The number of amides is 1. The summed E-state index contributed by atoms with van der Waals surface area (Å²) in [4.78, 5) is 14.6. The standard InChI is InChI=1S/C20H26N2O/c1-15-6-4-5-7-18(15)14-20(23)21-12-10-19(11-13-21)22-16(2)8-9-17(22)3/h4-9,19H,10-14H2,1-3H3. The van der Waals surface area contributed by atoms with Gasteiger partial charge in [0, 0.05) is 30.5 Å². The molecule has 0 saturated carbocycles. The molecule has 0 spiro atoms. The van der Waals surface area contributed by atoms with Crippen LogP contribution in [0.2, 0.25) is 0 Å². The van der Waals surface area contributed by atoms with Gasteiger partial charge in [0.15, 0.2) is 0 Å². The Kier molecular flexibility index (Phi) is 4.56. The fourth-order valence-electron chi connectivity index (χ4n) is 3.71. The third-order valence-electron chi connectivity index (χ3n) is 5.11. The van der Waals surface area contributed by atoms with E-state index in [1.807, 2.05) is 17.0 Å². The maximum absolute atomic E-state index is 12.6. The van der Waals surface area contributed by atoms with Gasteiger partial charge in [-0.3, -0.25) is 4.79 Å². The Hall–Kier alpha value is -2.03. The van der Waals surface area contributed by atoms with Crippen LogP contribution in [-0.4, -0.2) is 28.5 Å². The Morgan fingerprint density at radius 1 is 1.00 bits per heavy atom. The molecule has 0 N–H and O–H groups in total. The number of carbonyl (C=O) groups is 1. The summed E-state index contributed by atoms with van der Waals surface area (Å²) in [5, 5.41) is 0. The molecule has 1 saturated heterocycles. The molecule has 23 heavy (non-hydrogen) atoms. The zero-order chi connectivity index (χ0) is 16.4. The predicted molar refractivity (Wildman–Crippen MR) is 93.6 cm³/mol. The zero-order valence-corrected chi connectivity index (χ0v) is 14.4. The Labute approximate surface area is 138 Å². The third-order valence-corrected chi connectivity index (χ3v) is 5.11. The summed E-state index contributed by atoms with van der Waals surface area (Å²) in [7, 11) is 0. The normalized spacial score (nSPS) is 15.9. The van der Waals surface area contributed by atoms with Gasteiger partial charge in [-0.15, -0.1) is 0 Å². The summed E-state index contributed by atoms with van der Waals surface area (Å²) >= 11 is 0. The molecule has 1 aliphatic heterocycles. The SMILES string of the molecule is Cc1ccccc1CC(=O)N1CCC(n2c(C)ccc2C)CC1. The highest BCUT2D eigenvalue weighted by molar-refractivity contribution is 5.79. The van der Waals surface area contributed by atoms with E-state index in [9.17, 15) is 4.79 Å². The van der Waals surface area contributed by atoms with E-state index in [0.29, 0.717) is 12.5 Å². The highest BCUT2D eigenvalue weighted by atomic mass is 16.2. The molecule has 1 aromatic heterocycles. The molecular weight excluding hydrogens is 284 g/mol. The third kappa shape index (κ3) is 3.34. The number of carbonyl (C=O) groups excluding carboxylic acids is 1. The molecule has 1 amide bonds. The minimum absolute atomic E-state index is 0.263. The molecule has 0 bridgehead atoms. The molecule has 1 fully saturated rings. The van der Waals surface area contributed by atoms with Crippen LogP contribution < -0.4 is 0 Å². The molecule has 0 aliphatic carbocycles. The van der Waals surface area contributed by atoms with Crippen LogP contribution in [0.5, 0.6) is 0 Å². The fourth-order valence-corrected chi connectivity index (χ4v) is 3.71. The number of nitrogens with zero attached hydrogens (tertiary/aromatic N) is 2. The van der Waals surface area contributed by atoms with E-state index in [4.69, 9.17) is 0 Å². The second kappa shape index (κ2) is 6.61. The molecule has 0 radical (unpaired) electrons. The molecule has 2 heterocycles. The van der Waals surface area contributed by atoms with E-state index in [0.717, 1.165) is 31.5 Å². The van der Waals surface area contributed by atoms with Gasteiger partial charge in [0.05, 0.1) is 6.42 Å². The summed E-state index contributed by atoms with van der Waals surface area (Å²) in [6.07, 6.45) is 2.63. The fraction of sp³-hybridized carbons (Fsp3) is 0.450. The van der Waals surface area contributed by atoms with Crippen molar-refractivity contribution in [3.8, 4) is 0 Å². The summed E-state index contributed by atoms with van der Waals surface area (Å²) in [5.41, 5.74) is 5.01. The van der Waals surface area contributed by atoms with Crippen molar-refractivity contribution in [3.05, 3.63) is 58.9 Å². The van der Waals surface area contributed by atoms with Crippen LogP contribution in [0.1, 0.15) is 41.4 Å². The number of piperidine rings is 1. The second-order valence-electron chi connectivity index (χ2n) is 6.70. The minimum atomic E-state index is 0.263. The van der Waals surface area contributed by atoms with E-state index < -0.39 is 0 Å². The van der Waals surface area contributed by atoms with Gasteiger partial charge in [0.1, 0.15) is 0 Å². The molecule has 0 atom stereocenters. The van der Waals surface area contributed by atoms with Gasteiger partial charge in [-0.2, -0.15) is 0 Å². The largest absolute Gasteiger partial charge is 0.346 e. The Balaban J connectivity index is 1.61. The monoisotopic (exact) mass is 310 g/mol. The van der Waals surface area contributed by atoms with Gasteiger partial charge in [0.25, 0.3) is 0 Å². The highest BCUT2D eigenvalue weighted by Gasteiger charge is 2.25. The summed E-state index contributed by atoms with van der Waals surface area (Å²) in [5.74, 6) is 0.263. The lowest BCUT2D eigenvalue weighted by molar-refractivity contribution is -0.131. The van der Waals surface area contributed by atoms with Crippen LogP contribution in [0.15, 0.2) is 36.4 Å². The number of hydrogen-bond donors (Lipinski definition) is 0. The van der Waals surface area contributed by atoms with Crippen LogP contribution in [0, 0.1) is 20.8 Å². The van der Waals surface area contributed by atoms with Gasteiger partial charge < -0.3 is 9.47 Å². The Morgan fingerprint density at radius 3 is 2.22 bits per heavy atom. The molecule has 3 nitrogen and oxygen atoms in total. The van der Waals surface area contributed by atoms with Crippen molar-refractivity contribution >= 4 is 5.91 Å². The number of likely N-dealkylation sites (tertiary alicyclic amines) is 1. The first kappa shape index (κ1) is 15.9. The number of hydrogen-bond acceptors (Lipinski definition) is 1. The molecule has 1 aliphatic rings. The minimum Gasteiger partial charge on any atom is -0.346 e. The van der Waals surface area contributed by atoms with E-state index in [1.54, 1.807) is 0 Å². The molecular formula is C20H26N2O. The first-order valence-corrected chi connectivity index (χ1v) is 8.53.